The van der Waals surface area contributed by atoms with Gasteiger partial charge in [-0.2, -0.15) is 0 Å². The lowest BCUT2D eigenvalue weighted by Crippen LogP contribution is -2.27. The van der Waals surface area contributed by atoms with Crippen molar-refractivity contribution in [2.24, 2.45) is 0 Å². The van der Waals surface area contributed by atoms with Gasteiger partial charge in [-0.15, -0.1) is 0 Å². The highest BCUT2D eigenvalue weighted by Gasteiger charge is 2.20. The zero-order valence-corrected chi connectivity index (χ0v) is 17.4. The molecule has 0 unspecified atom stereocenters. The number of hydrogen-bond donors (Lipinski definition) is 2. The van der Waals surface area contributed by atoms with Crippen LogP contribution in [0.2, 0.25) is 0 Å². The number of alkyl halides is 1. The number of nitrogens with one attached hydrogen (secondary N) is 2. The van der Waals surface area contributed by atoms with Crippen LogP contribution in [-0.4, -0.2) is 28.3 Å². The number of carbonyl (C=O) groups is 2. The van der Waals surface area contributed by atoms with Gasteiger partial charge in [0.25, 0.3) is 0 Å². The van der Waals surface area contributed by atoms with E-state index in [1.54, 1.807) is 0 Å². The summed E-state index contributed by atoms with van der Waals surface area (Å²) >= 11 is 2.28. The van der Waals surface area contributed by atoms with Gasteiger partial charge in [-0.3, -0.25) is 9.59 Å². The molecular weight excluding hydrogens is 451 g/mol. The first-order chi connectivity index (χ1) is 13.1. The topological polar surface area (TPSA) is 58.2 Å². The number of hydrogen-bond acceptors (Lipinski definition) is 2. The lowest BCUT2D eigenvalue weighted by Gasteiger charge is -2.10. The van der Waals surface area contributed by atoms with E-state index in [2.05, 4.69) is 81.8 Å². The largest absolute Gasteiger partial charge is 0.353 e. The molecule has 2 atom stereocenters. The molecule has 142 valence electrons. The third kappa shape index (κ3) is 6.06. The highest BCUT2D eigenvalue weighted by Crippen LogP contribution is 2.20. The van der Waals surface area contributed by atoms with Gasteiger partial charge in [-0.05, 0) is 36.0 Å². The minimum atomic E-state index is 0.186. The van der Waals surface area contributed by atoms with E-state index < -0.39 is 0 Å². The van der Waals surface area contributed by atoms with Crippen molar-refractivity contribution >= 4 is 34.4 Å². The molecule has 2 heterocycles. The molecule has 2 aromatic rings. The summed E-state index contributed by atoms with van der Waals surface area (Å²) < 4.78 is 1.05. The van der Waals surface area contributed by atoms with Crippen LogP contribution in [0.25, 0.3) is 11.1 Å². The van der Waals surface area contributed by atoms with Gasteiger partial charge >= 0.3 is 0 Å². The molecule has 2 saturated heterocycles. The maximum Gasteiger partial charge on any atom is 0.220 e. The van der Waals surface area contributed by atoms with Crippen LogP contribution in [0.4, 0.5) is 0 Å². The van der Waals surface area contributed by atoms with E-state index >= 15 is 0 Å². The lowest BCUT2D eigenvalue weighted by molar-refractivity contribution is -0.120. The van der Waals surface area contributed by atoms with Crippen molar-refractivity contribution in [3.8, 4) is 11.1 Å². The lowest BCUT2D eigenvalue weighted by atomic mass is 10.0. The average Bonchev–Trinajstić information content (AvgIpc) is 3.31. The Morgan fingerprint density at radius 3 is 1.81 bits per heavy atom. The van der Waals surface area contributed by atoms with Crippen LogP contribution < -0.4 is 10.6 Å². The fourth-order valence-electron chi connectivity index (χ4n) is 3.37. The normalized spacial score (nSPS) is 21.2. The summed E-state index contributed by atoms with van der Waals surface area (Å²) in [6.45, 7) is 0. The molecule has 2 fully saturated rings. The molecule has 27 heavy (non-hydrogen) atoms. The summed E-state index contributed by atoms with van der Waals surface area (Å²) in [5.41, 5.74) is 3.76. The summed E-state index contributed by atoms with van der Waals surface area (Å²) in [6.07, 6.45) is 4.32. The molecular formula is C22H25IN2O2. The van der Waals surface area contributed by atoms with Crippen molar-refractivity contribution in [2.75, 3.05) is 4.43 Å². The zero-order valence-electron chi connectivity index (χ0n) is 15.3. The van der Waals surface area contributed by atoms with Gasteiger partial charge < -0.3 is 10.6 Å². The van der Waals surface area contributed by atoms with Crippen LogP contribution in [0.5, 0.6) is 0 Å². The Kier molecular flexibility index (Phi) is 7.26. The van der Waals surface area contributed by atoms with Crippen LogP contribution in [0.3, 0.4) is 0 Å². The van der Waals surface area contributed by atoms with Crippen LogP contribution in [-0.2, 0) is 16.0 Å². The van der Waals surface area contributed by atoms with Crippen molar-refractivity contribution in [1.29, 1.82) is 0 Å². The molecule has 0 radical (unpaired) electrons. The Bertz CT molecular complexity index is 762. The maximum absolute atomic E-state index is 11.2. The molecule has 0 saturated carbocycles. The molecule has 5 heteroatoms. The molecule has 0 bridgehead atoms. The van der Waals surface area contributed by atoms with Gasteiger partial charge in [0.15, 0.2) is 0 Å². The smallest absolute Gasteiger partial charge is 0.220 e. The third-order valence-corrected chi connectivity index (χ3v) is 5.96. The molecule has 2 aliphatic heterocycles. The average molecular weight is 476 g/mol. The van der Waals surface area contributed by atoms with Gasteiger partial charge in [0, 0.05) is 29.4 Å². The van der Waals surface area contributed by atoms with Crippen LogP contribution in [0, 0.1) is 0 Å². The van der Waals surface area contributed by atoms with Crippen LogP contribution >= 0.6 is 22.6 Å². The predicted molar refractivity (Wildman–Crippen MR) is 117 cm³/mol. The van der Waals surface area contributed by atoms with Crippen molar-refractivity contribution < 1.29 is 9.59 Å². The number of amides is 2. The molecule has 0 aliphatic carbocycles. The molecule has 0 aromatic heterocycles. The van der Waals surface area contributed by atoms with E-state index in [1.807, 2.05) is 6.07 Å². The number of halogens is 1. The second-order valence-corrected chi connectivity index (χ2v) is 7.91. The van der Waals surface area contributed by atoms with Crippen LogP contribution in [0.1, 0.15) is 31.2 Å². The number of benzene rings is 2. The van der Waals surface area contributed by atoms with E-state index in [1.165, 1.54) is 16.7 Å². The van der Waals surface area contributed by atoms with E-state index in [0.29, 0.717) is 18.5 Å². The quantitative estimate of drug-likeness (QED) is 0.520. The van der Waals surface area contributed by atoms with Crippen molar-refractivity contribution in [3.63, 3.8) is 0 Å². The second-order valence-electron chi connectivity index (χ2n) is 7.03. The highest BCUT2D eigenvalue weighted by molar-refractivity contribution is 14.1. The van der Waals surface area contributed by atoms with Crippen molar-refractivity contribution in [1.82, 2.24) is 10.6 Å². The summed E-state index contributed by atoms with van der Waals surface area (Å²) in [6, 6.07) is 19.8. The van der Waals surface area contributed by atoms with Crippen molar-refractivity contribution in [2.45, 2.75) is 44.2 Å². The van der Waals surface area contributed by atoms with Gasteiger partial charge in [0.2, 0.25) is 11.8 Å². The Morgan fingerprint density at radius 1 is 0.778 bits per heavy atom. The van der Waals surface area contributed by atoms with Gasteiger partial charge in [0.05, 0.1) is 0 Å². The predicted octanol–water partition coefficient (Wildman–Crippen LogP) is 3.87. The van der Waals surface area contributed by atoms with Crippen LogP contribution in [0.15, 0.2) is 54.6 Å². The molecule has 2 amide bonds. The summed E-state index contributed by atoms with van der Waals surface area (Å²) in [7, 11) is 0. The SMILES string of the molecule is O=C1CC[C@@H](CI)N1.O=C1CC[C@@H](Cc2ccc(-c3ccccc3)cc2)N1. The van der Waals surface area contributed by atoms with E-state index in [-0.39, 0.29) is 11.8 Å². The standard InChI is InChI=1S/C17H17NO.C5H8INO/c19-17-11-10-16(18-17)12-13-6-8-15(9-7-13)14-4-2-1-3-5-14;6-3-4-1-2-5(8)7-4/h1-9,16H,10-12H2,(H,18,19);4H,1-3H2,(H,7,8)/t16-;4-/m00/s1. The van der Waals surface area contributed by atoms with Crippen molar-refractivity contribution in [3.05, 3.63) is 60.2 Å². The first-order valence-corrected chi connectivity index (χ1v) is 11.0. The minimum Gasteiger partial charge on any atom is -0.353 e. The first kappa shape index (κ1) is 19.9. The van der Waals surface area contributed by atoms with E-state index in [4.69, 9.17) is 0 Å². The molecule has 4 rings (SSSR count). The fourth-order valence-corrected chi connectivity index (χ4v) is 4.03. The number of carbonyl (C=O) groups excluding carboxylic acids is 2. The van der Waals surface area contributed by atoms with E-state index in [0.717, 1.165) is 30.1 Å². The summed E-state index contributed by atoms with van der Waals surface area (Å²) in [5.74, 6) is 0.401. The maximum atomic E-state index is 11.2. The molecule has 4 nitrogen and oxygen atoms in total. The summed E-state index contributed by atoms with van der Waals surface area (Å²) in [5, 5.41) is 5.87. The summed E-state index contributed by atoms with van der Waals surface area (Å²) in [4.78, 5) is 21.7. The van der Waals surface area contributed by atoms with Gasteiger partial charge in [0.1, 0.15) is 0 Å². The molecule has 2 aromatic carbocycles. The number of rotatable bonds is 4. The highest BCUT2D eigenvalue weighted by atomic mass is 127. The van der Waals surface area contributed by atoms with E-state index in [9.17, 15) is 9.59 Å². The monoisotopic (exact) mass is 476 g/mol. The Morgan fingerprint density at radius 2 is 1.33 bits per heavy atom. The van der Waals surface area contributed by atoms with Gasteiger partial charge in [-0.1, -0.05) is 77.2 Å². The fraction of sp³-hybridized carbons (Fsp3) is 0.364. The Hall–Kier alpha value is -1.89. The molecule has 2 aliphatic rings. The first-order valence-electron chi connectivity index (χ1n) is 9.43. The molecule has 0 spiro atoms. The third-order valence-electron chi connectivity index (χ3n) is 4.90. The molecule has 2 N–H and O–H groups in total. The Balaban J connectivity index is 0.000000221. The zero-order chi connectivity index (χ0) is 19.1. The van der Waals surface area contributed by atoms with Gasteiger partial charge in [-0.25, -0.2) is 0 Å². The second kappa shape index (κ2) is 9.88. The Labute approximate surface area is 174 Å². The minimum absolute atomic E-state index is 0.186.